The van der Waals surface area contributed by atoms with Crippen LogP contribution in [0.25, 0.3) is 23.1 Å². The molecule has 0 fully saturated rings. The van der Waals surface area contributed by atoms with Gasteiger partial charge in [-0.2, -0.15) is 4.57 Å². The second-order valence-electron chi connectivity index (χ2n) is 5.20. The average molecular weight is 291 g/mol. The highest BCUT2D eigenvalue weighted by Crippen LogP contribution is 2.18. The Hall–Kier alpha value is -2.65. The third-order valence-corrected chi connectivity index (χ3v) is 3.68. The summed E-state index contributed by atoms with van der Waals surface area (Å²) in [4.78, 5) is 0. The molecule has 0 saturated heterocycles. The SMILES string of the molecule is NCC[n+]1ccc(/C=C/c2ccc(O)cc2)c2ccccc21. The maximum absolute atomic E-state index is 9.33. The third kappa shape index (κ3) is 3.00. The van der Waals surface area contributed by atoms with Crippen molar-refractivity contribution in [1.82, 2.24) is 0 Å². The number of phenolic OH excluding ortho intramolecular Hbond substituents is 1. The number of hydrogen-bond donors (Lipinski definition) is 2. The second kappa shape index (κ2) is 6.41. The molecular formula is C19H19N2O+. The Bertz CT molecular complexity index is 807. The van der Waals surface area contributed by atoms with Gasteiger partial charge in [0.15, 0.2) is 12.7 Å². The molecule has 0 saturated carbocycles. The molecule has 0 radical (unpaired) electrons. The zero-order valence-corrected chi connectivity index (χ0v) is 12.3. The molecule has 0 spiro atoms. The molecule has 0 bridgehead atoms. The standard InChI is InChI=1S/C19H18N2O/c20-12-14-21-13-11-16(18-3-1-2-4-19(18)21)8-5-15-6-9-17(22)10-7-15/h1-11,13H,12,14,20H2/p+1. The van der Waals surface area contributed by atoms with Crippen molar-refractivity contribution in [1.29, 1.82) is 0 Å². The summed E-state index contributed by atoms with van der Waals surface area (Å²) >= 11 is 0. The van der Waals surface area contributed by atoms with Gasteiger partial charge in [0.2, 0.25) is 5.52 Å². The lowest BCUT2D eigenvalue weighted by Gasteiger charge is -2.03. The Morgan fingerprint density at radius 1 is 0.955 bits per heavy atom. The summed E-state index contributed by atoms with van der Waals surface area (Å²) < 4.78 is 2.17. The molecule has 0 unspecified atom stereocenters. The molecule has 0 aliphatic heterocycles. The van der Waals surface area contributed by atoms with Crippen LogP contribution in [0.5, 0.6) is 5.75 Å². The highest BCUT2D eigenvalue weighted by molar-refractivity contribution is 5.88. The van der Waals surface area contributed by atoms with E-state index in [9.17, 15) is 5.11 Å². The summed E-state index contributed by atoms with van der Waals surface area (Å²) in [6, 6.07) is 17.6. The van der Waals surface area contributed by atoms with E-state index in [-0.39, 0.29) is 5.75 Å². The molecule has 3 heteroatoms. The number of aromatic nitrogens is 1. The van der Waals surface area contributed by atoms with Gasteiger partial charge in [0.1, 0.15) is 5.75 Å². The molecule has 110 valence electrons. The van der Waals surface area contributed by atoms with Gasteiger partial charge in [-0.3, -0.25) is 0 Å². The predicted octanol–water partition coefficient (Wildman–Crippen LogP) is 2.96. The van der Waals surface area contributed by atoms with Crippen LogP contribution in [0.3, 0.4) is 0 Å². The topological polar surface area (TPSA) is 50.1 Å². The van der Waals surface area contributed by atoms with Crippen molar-refractivity contribution < 1.29 is 9.67 Å². The van der Waals surface area contributed by atoms with Gasteiger partial charge in [0, 0.05) is 12.1 Å². The Labute approximate surface area is 130 Å². The van der Waals surface area contributed by atoms with Crippen molar-refractivity contribution >= 4 is 23.1 Å². The average Bonchev–Trinajstić information content (AvgIpc) is 2.56. The molecular weight excluding hydrogens is 272 g/mol. The lowest BCUT2D eigenvalue weighted by Crippen LogP contribution is -2.37. The quantitative estimate of drug-likeness (QED) is 0.726. The number of nitrogens with two attached hydrogens (primary N) is 1. The molecule has 3 N–H and O–H groups in total. The largest absolute Gasteiger partial charge is 0.508 e. The fourth-order valence-corrected chi connectivity index (χ4v) is 2.56. The van der Waals surface area contributed by atoms with Crippen LogP contribution in [-0.2, 0) is 6.54 Å². The van der Waals surface area contributed by atoms with Gasteiger partial charge < -0.3 is 10.8 Å². The van der Waals surface area contributed by atoms with E-state index in [1.54, 1.807) is 12.1 Å². The minimum Gasteiger partial charge on any atom is -0.508 e. The number of phenols is 1. The Morgan fingerprint density at radius 3 is 2.50 bits per heavy atom. The van der Waals surface area contributed by atoms with Crippen LogP contribution in [0.1, 0.15) is 11.1 Å². The van der Waals surface area contributed by atoms with E-state index >= 15 is 0 Å². The summed E-state index contributed by atoms with van der Waals surface area (Å²) in [5.41, 5.74) is 9.08. The Morgan fingerprint density at radius 2 is 1.73 bits per heavy atom. The number of para-hydroxylation sites is 1. The van der Waals surface area contributed by atoms with Crippen molar-refractivity contribution in [2.45, 2.75) is 6.54 Å². The lowest BCUT2D eigenvalue weighted by molar-refractivity contribution is -0.668. The van der Waals surface area contributed by atoms with Gasteiger partial charge in [-0.15, -0.1) is 0 Å². The van der Waals surface area contributed by atoms with Crippen molar-refractivity contribution in [2.75, 3.05) is 6.54 Å². The maximum atomic E-state index is 9.33. The molecule has 3 nitrogen and oxygen atoms in total. The van der Waals surface area contributed by atoms with E-state index in [0.29, 0.717) is 6.54 Å². The van der Waals surface area contributed by atoms with Crippen molar-refractivity contribution in [3.8, 4) is 5.75 Å². The number of nitrogens with zero attached hydrogens (tertiary/aromatic N) is 1. The number of benzene rings is 2. The first-order chi connectivity index (χ1) is 10.8. The third-order valence-electron chi connectivity index (χ3n) is 3.68. The molecule has 1 aromatic heterocycles. The maximum Gasteiger partial charge on any atom is 0.213 e. The molecule has 0 amide bonds. The molecule has 0 aliphatic rings. The molecule has 1 heterocycles. The normalized spacial score (nSPS) is 11.3. The number of pyridine rings is 1. The predicted molar refractivity (Wildman–Crippen MR) is 90.2 cm³/mol. The van der Waals surface area contributed by atoms with Crippen molar-refractivity contribution in [2.24, 2.45) is 5.73 Å². The van der Waals surface area contributed by atoms with Crippen LogP contribution in [0.2, 0.25) is 0 Å². The number of fused-ring (bicyclic) bond motifs is 1. The van der Waals surface area contributed by atoms with Gasteiger partial charge in [0.05, 0.1) is 11.9 Å². The first kappa shape index (κ1) is 14.3. The van der Waals surface area contributed by atoms with E-state index in [1.165, 1.54) is 10.9 Å². The summed E-state index contributed by atoms with van der Waals surface area (Å²) in [7, 11) is 0. The molecule has 2 aromatic carbocycles. The number of rotatable bonds is 4. The van der Waals surface area contributed by atoms with Crippen LogP contribution in [0.15, 0.2) is 60.8 Å². The fraction of sp³-hybridized carbons (Fsp3) is 0.105. The van der Waals surface area contributed by atoms with Gasteiger partial charge in [-0.25, -0.2) is 0 Å². The molecule has 3 aromatic rings. The molecule has 0 aliphatic carbocycles. The van der Waals surface area contributed by atoms with Crippen LogP contribution in [0, 0.1) is 0 Å². The summed E-state index contributed by atoms with van der Waals surface area (Å²) in [6.45, 7) is 1.43. The number of hydrogen-bond acceptors (Lipinski definition) is 2. The summed E-state index contributed by atoms with van der Waals surface area (Å²) in [5, 5.41) is 10.5. The van der Waals surface area contributed by atoms with Gasteiger partial charge in [-0.1, -0.05) is 36.4 Å². The fourth-order valence-electron chi connectivity index (χ4n) is 2.56. The zero-order valence-electron chi connectivity index (χ0n) is 12.3. The summed E-state index contributed by atoms with van der Waals surface area (Å²) in [5.74, 6) is 0.283. The minimum atomic E-state index is 0.283. The van der Waals surface area contributed by atoms with Gasteiger partial charge >= 0.3 is 0 Å². The number of aromatic hydroxyl groups is 1. The molecule has 22 heavy (non-hydrogen) atoms. The summed E-state index contributed by atoms with van der Waals surface area (Å²) in [6.07, 6.45) is 6.22. The highest BCUT2D eigenvalue weighted by atomic mass is 16.3. The van der Waals surface area contributed by atoms with Crippen molar-refractivity contribution in [3.63, 3.8) is 0 Å². The second-order valence-corrected chi connectivity index (χ2v) is 5.20. The smallest absolute Gasteiger partial charge is 0.213 e. The van der Waals surface area contributed by atoms with Crippen molar-refractivity contribution in [3.05, 3.63) is 71.9 Å². The highest BCUT2D eigenvalue weighted by Gasteiger charge is 2.09. The monoisotopic (exact) mass is 291 g/mol. The Kier molecular flexibility index (Phi) is 4.17. The molecule has 3 rings (SSSR count). The van der Waals surface area contributed by atoms with E-state index < -0.39 is 0 Å². The van der Waals surface area contributed by atoms with Crippen LogP contribution in [0.4, 0.5) is 0 Å². The minimum absolute atomic E-state index is 0.283. The van der Waals surface area contributed by atoms with E-state index in [2.05, 4.69) is 41.1 Å². The van der Waals surface area contributed by atoms with Gasteiger partial charge in [-0.05, 0) is 29.3 Å². The van der Waals surface area contributed by atoms with E-state index in [4.69, 9.17) is 5.73 Å². The van der Waals surface area contributed by atoms with Gasteiger partial charge in [0.25, 0.3) is 0 Å². The van der Waals surface area contributed by atoms with E-state index in [0.717, 1.165) is 17.7 Å². The van der Waals surface area contributed by atoms with Crippen LogP contribution in [-0.4, -0.2) is 11.7 Å². The first-order valence-corrected chi connectivity index (χ1v) is 7.36. The molecule has 0 atom stereocenters. The van der Waals surface area contributed by atoms with E-state index in [1.807, 2.05) is 24.3 Å². The zero-order chi connectivity index (χ0) is 15.4. The first-order valence-electron chi connectivity index (χ1n) is 7.36. The van der Waals surface area contributed by atoms with Crippen LogP contribution < -0.4 is 10.3 Å². The Balaban J connectivity index is 2.00. The van der Waals surface area contributed by atoms with Crippen LogP contribution >= 0.6 is 0 Å². The lowest BCUT2D eigenvalue weighted by atomic mass is 10.1.